The Hall–Kier alpha value is -4.47. The summed E-state index contributed by atoms with van der Waals surface area (Å²) in [6.07, 6.45) is 0. The van der Waals surface area contributed by atoms with Crippen molar-refractivity contribution >= 4 is 17.9 Å². The third kappa shape index (κ3) is 98.0. The molecule has 0 aliphatic carbocycles. The van der Waals surface area contributed by atoms with Crippen LogP contribution in [0, 0.1) is 62.2 Å². The molecular formula is C3H27N21O9. The molecule has 0 atom stereocenters. The van der Waals surface area contributed by atoms with Crippen molar-refractivity contribution in [2.24, 2.45) is 69.8 Å². The zero-order valence-corrected chi connectivity index (χ0v) is 16.3. The number of rotatable bonds is 0. The van der Waals surface area contributed by atoms with E-state index in [1.54, 1.807) is 0 Å². The van der Waals surface area contributed by atoms with Gasteiger partial charge in [-0.2, -0.15) is 0 Å². The van der Waals surface area contributed by atoms with Crippen LogP contribution >= 0.6 is 0 Å². The highest BCUT2D eigenvalue weighted by Crippen LogP contribution is 1.64. The van der Waals surface area contributed by atoms with Gasteiger partial charge in [-0.25, -0.2) is 16.2 Å². The van der Waals surface area contributed by atoms with E-state index >= 15 is 0 Å². The van der Waals surface area contributed by atoms with Crippen molar-refractivity contribution in [2.45, 2.75) is 0 Å². The molecule has 0 saturated heterocycles. The predicted octanol–water partition coefficient (Wildman–Crippen LogP) is -8.76. The Kier molecular flexibility index (Phi) is 25.2. The first kappa shape index (κ1) is 42.6. The Morgan fingerprint density at radius 3 is 0.485 bits per heavy atom. The minimum absolute atomic E-state index is 0.486. The molecule has 0 radical (unpaired) electrons. The van der Waals surface area contributed by atoms with Crippen LogP contribution in [-0.2, 0) is 0 Å². The third-order valence-corrected chi connectivity index (χ3v) is 1.25. The van der Waals surface area contributed by atoms with Gasteiger partial charge >= 0.3 is 17.9 Å². The lowest BCUT2D eigenvalue weighted by atomic mass is 11.0. The summed E-state index contributed by atoms with van der Waals surface area (Å²) in [4.78, 5) is 21.5. The Morgan fingerprint density at radius 2 is 0.485 bits per heavy atom. The molecule has 0 rings (SSSR count). The summed E-state index contributed by atoms with van der Waals surface area (Å²) >= 11 is 0. The van der Waals surface area contributed by atoms with E-state index in [1.165, 1.54) is 0 Å². The van der Waals surface area contributed by atoms with E-state index in [0.717, 1.165) is 0 Å². The van der Waals surface area contributed by atoms with Crippen molar-refractivity contribution in [3.63, 3.8) is 0 Å². The van der Waals surface area contributed by atoms with Gasteiger partial charge in [0.05, 0.1) is 15.3 Å². The molecule has 0 spiro atoms. The van der Waals surface area contributed by atoms with Gasteiger partial charge in [-0.1, -0.05) is 0 Å². The minimum Gasteiger partial charge on any atom is -0.356 e. The molecule has 0 unspecified atom stereocenters. The van der Waals surface area contributed by atoms with Crippen LogP contribution in [0.5, 0.6) is 0 Å². The molecule has 0 aromatic rings. The predicted molar refractivity (Wildman–Crippen MR) is 105 cm³/mol. The molecule has 0 aromatic heterocycles. The molecule has 30 nitrogen and oxygen atoms in total. The SMILES string of the molecule is N=C(N)[N+](N)(N)N.N=C(N)[N+](N)(N)N.N=C(N)[N+](N)(N)N.O=[N+]([O-])[O-].O=[N+]([O-])[O-].O=[N+]([O-])[O-]. The van der Waals surface area contributed by atoms with Crippen molar-refractivity contribution in [1.82, 2.24) is 0 Å². The first-order valence-electron chi connectivity index (χ1n) is 6.25. The monoisotopic (exact) mass is 501 g/mol. The van der Waals surface area contributed by atoms with E-state index in [-0.39, 0.29) is 0 Å². The van der Waals surface area contributed by atoms with Crippen molar-refractivity contribution in [2.75, 3.05) is 0 Å². The summed E-state index contributed by atoms with van der Waals surface area (Å²) in [5, 5.41) is 63.8. The number of nitrogens with one attached hydrogen (secondary N) is 3. The summed E-state index contributed by atoms with van der Waals surface area (Å²) in [5.74, 6) is 41.9. The van der Waals surface area contributed by atoms with Crippen LogP contribution in [0.15, 0.2) is 0 Å². The number of quaternary nitrogens is 3. The van der Waals surface area contributed by atoms with Crippen molar-refractivity contribution in [1.29, 1.82) is 16.2 Å². The summed E-state index contributed by atoms with van der Waals surface area (Å²) in [7, 11) is 0. The lowest BCUT2D eigenvalue weighted by Gasteiger charge is -2.14. The number of hydrogen-bond acceptors (Lipinski definition) is 21. The van der Waals surface area contributed by atoms with Gasteiger partial charge in [-0.05, 0) is 14.4 Å². The minimum atomic E-state index is -1.75. The van der Waals surface area contributed by atoms with E-state index in [9.17, 15) is 0 Å². The average Bonchev–Trinajstić information content (AvgIpc) is 2.43. The topological polar surface area (TPSA) is 582 Å². The largest absolute Gasteiger partial charge is 0.356 e. The Morgan fingerprint density at radius 1 is 0.455 bits per heavy atom. The second-order valence-electron chi connectivity index (χ2n) is 4.33. The molecule has 0 aromatic carbocycles. The molecule has 30 heteroatoms. The Labute approximate surface area is 180 Å². The Bertz CT molecular complexity index is 512. The van der Waals surface area contributed by atoms with Crippen LogP contribution in [0.25, 0.3) is 0 Å². The fourth-order valence-electron chi connectivity index (χ4n) is 0. The maximum absolute atomic E-state index is 8.25. The van der Waals surface area contributed by atoms with E-state index in [0.29, 0.717) is 0 Å². The first-order valence-corrected chi connectivity index (χ1v) is 6.25. The van der Waals surface area contributed by atoms with Gasteiger partial charge in [0.15, 0.2) is 0 Å². The normalized spacial score (nSPS) is 9.36. The van der Waals surface area contributed by atoms with Crippen LogP contribution in [0.2, 0.25) is 0 Å². The molecule has 0 fully saturated rings. The van der Waals surface area contributed by atoms with E-state index in [2.05, 4.69) is 0 Å². The molecule has 33 heavy (non-hydrogen) atoms. The molecule has 0 saturated carbocycles. The van der Waals surface area contributed by atoms with Gasteiger partial charge < -0.3 is 63.2 Å². The zero-order valence-electron chi connectivity index (χ0n) is 16.3. The van der Waals surface area contributed by atoms with Crippen LogP contribution in [-0.4, -0.2) is 47.6 Å². The van der Waals surface area contributed by atoms with Crippen LogP contribution in [0.3, 0.4) is 0 Å². The highest BCUT2D eigenvalue weighted by Gasteiger charge is 2.15. The van der Waals surface area contributed by atoms with Gasteiger partial charge in [0.25, 0.3) is 0 Å². The van der Waals surface area contributed by atoms with Crippen LogP contribution in [0.4, 0.5) is 0 Å². The molecule has 198 valence electrons. The molecule has 0 aliphatic rings. The fourth-order valence-corrected chi connectivity index (χ4v) is 0. The number of nitrogens with two attached hydrogens (primary N) is 12. The number of hydrogen-bond donors (Lipinski definition) is 15. The van der Waals surface area contributed by atoms with Gasteiger partial charge in [-0.15, -0.1) is 52.6 Å². The third-order valence-electron chi connectivity index (χ3n) is 1.25. The smallest absolute Gasteiger partial charge is 0.352 e. The average molecular weight is 501 g/mol. The summed E-state index contributed by atoms with van der Waals surface area (Å²) in [6.45, 7) is 0. The number of guanidine groups is 3. The van der Waals surface area contributed by atoms with Gasteiger partial charge in [0.2, 0.25) is 0 Å². The number of nitrogens with zero attached hydrogens (tertiary/aromatic N) is 6. The van der Waals surface area contributed by atoms with Crippen LogP contribution in [0.1, 0.15) is 0 Å². The maximum atomic E-state index is 8.25. The van der Waals surface area contributed by atoms with Crippen molar-refractivity contribution in [3.8, 4) is 0 Å². The Balaban J connectivity index is -0.0000000677. The van der Waals surface area contributed by atoms with Gasteiger partial charge in [-0.3, -0.25) is 0 Å². The van der Waals surface area contributed by atoms with E-state index in [4.69, 9.17) is 132 Å². The molecule has 0 aliphatic heterocycles. The molecule has 0 bridgehead atoms. The highest BCUT2D eigenvalue weighted by atomic mass is 16.9. The van der Waals surface area contributed by atoms with E-state index < -0.39 is 47.6 Å². The summed E-state index contributed by atoms with van der Waals surface area (Å²) < 4.78 is 0. The van der Waals surface area contributed by atoms with E-state index in [1.807, 2.05) is 0 Å². The first-order chi connectivity index (χ1) is 14.0. The lowest BCUT2D eigenvalue weighted by Crippen LogP contribution is -2.71. The van der Waals surface area contributed by atoms with Crippen molar-refractivity contribution < 1.29 is 29.7 Å². The molecule has 0 heterocycles. The molecule has 0 amide bonds. The lowest BCUT2D eigenvalue weighted by molar-refractivity contribution is -0.880. The quantitative estimate of drug-likeness (QED) is 0.0365. The van der Waals surface area contributed by atoms with Gasteiger partial charge in [0.1, 0.15) is 0 Å². The second kappa shape index (κ2) is 19.5. The maximum Gasteiger partial charge on any atom is 0.352 e. The van der Waals surface area contributed by atoms with Crippen LogP contribution < -0.4 is 69.8 Å². The highest BCUT2D eigenvalue weighted by molar-refractivity contribution is 5.66. The molecule has 27 N–H and O–H groups in total. The standard InChI is InChI=1S/3CH9N6.3NO3/c3*2-1(3)7(4,5)6;3*2-1(3)4/h3*4-6H2,(H3,2,3);;;/q3*+1;3*-1. The van der Waals surface area contributed by atoms with Crippen molar-refractivity contribution in [3.05, 3.63) is 46.0 Å². The van der Waals surface area contributed by atoms with Gasteiger partial charge in [0, 0.05) is 0 Å². The molecular weight excluding hydrogens is 474 g/mol. The summed E-state index contributed by atoms with van der Waals surface area (Å²) in [6, 6.07) is 0. The summed E-state index contributed by atoms with van der Waals surface area (Å²) in [5.41, 5.74) is 14.2. The zero-order chi connectivity index (χ0) is 29.0. The second-order valence-corrected chi connectivity index (χ2v) is 4.33. The fraction of sp³-hybridized carbons (Fsp3) is 0.